The van der Waals surface area contributed by atoms with Crippen molar-refractivity contribution in [3.05, 3.63) is 116 Å². The lowest BCUT2D eigenvalue weighted by Crippen LogP contribution is -2.29. The molecule has 4 aromatic rings. The number of alkyl halides is 3. The van der Waals surface area contributed by atoms with Crippen molar-refractivity contribution in [3.8, 4) is 28.8 Å². The molecule has 7 heteroatoms. The van der Waals surface area contributed by atoms with E-state index in [1.54, 1.807) is 18.2 Å². The molecule has 0 bridgehead atoms. The van der Waals surface area contributed by atoms with Gasteiger partial charge >= 0.3 is 6.18 Å². The van der Waals surface area contributed by atoms with Crippen LogP contribution in [0.3, 0.4) is 0 Å². The van der Waals surface area contributed by atoms with Gasteiger partial charge in [-0.25, -0.2) is 0 Å². The summed E-state index contributed by atoms with van der Waals surface area (Å²) in [6.07, 6.45) is -4.87. The number of hydrogen-bond acceptors (Lipinski definition) is 3. The quantitative estimate of drug-likeness (QED) is 0.244. The van der Waals surface area contributed by atoms with E-state index in [2.05, 4.69) is 0 Å². The van der Waals surface area contributed by atoms with E-state index in [4.69, 9.17) is 4.74 Å². The van der Waals surface area contributed by atoms with Crippen LogP contribution in [0.1, 0.15) is 64.3 Å². The highest BCUT2D eigenvalue weighted by molar-refractivity contribution is 5.66. The van der Waals surface area contributed by atoms with E-state index < -0.39 is 22.9 Å². The second-order valence-electron chi connectivity index (χ2n) is 10.5. The van der Waals surface area contributed by atoms with Crippen LogP contribution >= 0.6 is 0 Å². The number of benzene rings is 3. The van der Waals surface area contributed by atoms with E-state index in [9.17, 15) is 23.2 Å². The third kappa shape index (κ3) is 5.81. The summed E-state index contributed by atoms with van der Waals surface area (Å²) in [6.45, 7) is 11.8. The molecule has 0 N–H and O–H groups in total. The first-order chi connectivity index (χ1) is 18.8. The predicted molar refractivity (Wildman–Crippen MR) is 151 cm³/mol. The molecule has 0 aliphatic carbocycles. The van der Waals surface area contributed by atoms with Gasteiger partial charge in [-0.15, -0.1) is 0 Å². The van der Waals surface area contributed by atoms with Crippen LogP contribution in [0.2, 0.25) is 0 Å². The molecule has 206 valence electrons. The Morgan fingerprint density at radius 3 is 2.23 bits per heavy atom. The molecule has 0 fully saturated rings. The number of rotatable bonds is 6. The Labute approximate surface area is 232 Å². The number of pyridine rings is 1. The van der Waals surface area contributed by atoms with Gasteiger partial charge in [-0.05, 0) is 103 Å². The van der Waals surface area contributed by atoms with Gasteiger partial charge < -0.3 is 9.30 Å². The zero-order valence-corrected chi connectivity index (χ0v) is 23.4. The third-order valence-electron chi connectivity index (χ3n) is 7.18. The number of halogens is 3. The smallest absolute Gasteiger partial charge is 0.417 e. The minimum atomic E-state index is -4.87. The number of ether oxygens (including phenoxy) is 1. The first-order valence-electron chi connectivity index (χ1n) is 13.0. The Balaban J connectivity index is 1.93. The third-order valence-corrected chi connectivity index (χ3v) is 7.18. The lowest BCUT2D eigenvalue weighted by atomic mass is 9.96. The summed E-state index contributed by atoms with van der Waals surface area (Å²) in [7, 11) is 0. The second-order valence-corrected chi connectivity index (χ2v) is 10.5. The molecule has 0 atom stereocenters. The van der Waals surface area contributed by atoms with Gasteiger partial charge in [-0.3, -0.25) is 4.79 Å². The molecule has 4 rings (SSSR count). The molecule has 0 aliphatic heterocycles. The Bertz CT molecular complexity index is 1690. The standard InChI is InChI=1S/C33H31F3N2O2/c1-19(2)27-15-24(10-12-31(27)40-26-11-8-21(4)22(5)14-26)30-16-29(33(34,35)36)28(17-37)32(39)38(30)18-25-9-7-20(3)13-23(25)6/h7-16,19H,18H2,1-6H3. The highest BCUT2D eigenvalue weighted by atomic mass is 19.4. The average molecular weight is 545 g/mol. The van der Waals surface area contributed by atoms with Crippen LogP contribution in [0.25, 0.3) is 11.3 Å². The van der Waals surface area contributed by atoms with Gasteiger partial charge in [0.15, 0.2) is 0 Å². The summed E-state index contributed by atoms with van der Waals surface area (Å²) in [6, 6.07) is 19.0. The molecule has 0 amide bonds. The summed E-state index contributed by atoms with van der Waals surface area (Å²) in [5, 5.41) is 9.56. The van der Waals surface area contributed by atoms with E-state index in [1.807, 2.05) is 77.9 Å². The summed E-state index contributed by atoms with van der Waals surface area (Å²) < 4.78 is 49.6. The van der Waals surface area contributed by atoms with Crippen molar-refractivity contribution in [1.29, 1.82) is 5.26 Å². The van der Waals surface area contributed by atoms with E-state index >= 15 is 0 Å². The average Bonchev–Trinajstić information content (AvgIpc) is 2.88. The minimum Gasteiger partial charge on any atom is -0.457 e. The molecule has 3 aromatic carbocycles. The summed E-state index contributed by atoms with van der Waals surface area (Å²) in [5.41, 5.74) is 3.06. The minimum absolute atomic E-state index is 0.0189. The number of nitriles is 1. The first-order valence-corrected chi connectivity index (χ1v) is 13.0. The molecule has 0 saturated heterocycles. The Hall–Kier alpha value is -4.31. The Kier molecular flexibility index (Phi) is 7.93. The fraction of sp³-hybridized carbons (Fsp3) is 0.273. The number of nitrogens with zero attached hydrogens (tertiary/aromatic N) is 2. The topological polar surface area (TPSA) is 55.0 Å². The van der Waals surface area contributed by atoms with E-state index in [0.29, 0.717) is 17.1 Å². The maximum absolute atomic E-state index is 14.0. The normalized spacial score (nSPS) is 11.5. The van der Waals surface area contributed by atoms with Gasteiger partial charge in [0, 0.05) is 0 Å². The van der Waals surface area contributed by atoms with Gasteiger partial charge in [0.2, 0.25) is 0 Å². The molecular weight excluding hydrogens is 513 g/mol. The molecule has 4 nitrogen and oxygen atoms in total. The van der Waals surface area contributed by atoms with E-state index in [-0.39, 0.29) is 18.2 Å². The molecule has 0 aliphatic rings. The predicted octanol–water partition coefficient (Wildman–Crippen LogP) is 8.60. The molecule has 0 unspecified atom stereocenters. The number of aromatic nitrogens is 1. The van der Waals surface area contributed by atoms with Crippen molar-refractivity contribution in [1.82, 2.24) is 4.57 Å². The zero-order valence-electron chi connectivity index (χ0n) is 23.4. The van der Waals surface area contributed by atoms with Gasteiger partial charge in [-0.2, -0.15) is 18.4 Å². The zero-order chi connectivity index (χ0) is 29.4. The van der Waals surface area contributed by atoms with Gasteiger partial charge in [-0.1, -0.05) is 43.7 Å². The van der Waals surface area contributed by atoms with Crippen LogP contribution < -0.4 is 10.3 Å². The molecular formula is C33H31F3N2O2. The Morgan fingerprint density at radius 2 is 1.62 bits per heavy atom. The molecule has 0 radical (unpaired) electrons. The lowest BCUT2D eigenvalue weighted by molar-refractivity contribution is -0.137. The molecule has 1 aromatic heterocycles. The number of aryl methyl sites for hydroxylation is 4. The monoisotopic (exact) mass is 544 g/mol. The van der Waals surface area contributed by atoms with Crippen molar-refractivity contribution < 1.29 is 17.9 Å². The van der Waals surface area contributed by atoms with Crippen LogP contribution in [-0.2, 0) is 12.7 Å². The van der Waals surface area contributed by atoms with Crippen LogP contribution in [0.5, 0.6) is 11.5 Å². The fourth-order valence-electron chi connectivity index (χ4n) is 4.72. The second kappa shape index (κ2) is 11.1. The van der Waals surface area contributed by atoms with E-state index in [0.717, 1.165) is 39.4 Å². The maximum Gasteiger partial charge on any atom is 0.417 e. The first kappa shape index (κ1) is 28.7. The summed E-state index contributed by atoms with van der Waals surface area (Å²) >= 11 is 0. The van der Waals surface area contributed by atoms with Gasteiger partial charge in [0.25, 0.3) is 5.56 Å². The largest absolute Gasteiger partial charge is 0.457 e. The number of hydrogen-bond donors (Lipinski definition) is 0. The van der Waals surface area contributed by atoms with E-state index in [1.165, 1.54) is 10.6 Å². The van der Waals surface area contributed by atoms with Crippen LogP contribution in [0.15, 0.2) is 65.5 Å². The maximum atomic E-state index is 14.0. The lowest BCUT2D eigenvalue weighted by Gasteiger charge is -2.21. The van der Waals surface area contributed by atoms with Crippen molar-refractivity contribution in [3.63, 3.8) is 0 Å². The SMILES string of the molecule is Cc1ccc(Cn2c(-c3ccc(Oc4ccc(C)c(C)c4)c(C(C)C)c3)cc(C(F)(F)F)c(C#N)c2=O)c(C)c1. The molecule has 40 heavy (non-hydrogen) atoms. The van der Waals surface area contributed by atoms with Crippen LogP contribution in [0, 0.1) is 39.0 Å². The molecule has 0 spiro atoms. The summed E-state index contributed by atoms with van der Waals surface area (Å²) in [4.78, 5) is 13.4. The van der Waals surface area contributed by atoms with Crippen molar-refractivity contribution in [2.75, 3.05) is 0 Å². The molecule has 0 saturated carbocycles. The Morgan fingerprint density at radius 1 is 0.900 bits per heavy atom. The van der Waals surface area contributed by atoms with Crippen molar-refractivity contribution >= 4 is 0 Å². The van der Waals surface area contributed by atoms with Gasteiger partial charge in [0.05, 0.1) is 17.8 Å². The highest BCUT2D eigenvalue weighted by Gasteiger charge is 2.36. The van der Waals surface area contributed by atoms with Crippen LogP contribution in [-0.4, -0.2) is 4.57 Å². The fourth-order valence-corrected chi connectivity index (χ4v) is 4.72. The van der Waals surface area contributed by atoms with Gasteiger partial charge in [0.1, 0.15) is 23.1 Å². The molecule has 1 heterocycles. The van der Waals surface area contributed by atoms with Crippen molar-refractivity contribution in [2.45, 2.75) is 60.2 Å². The van der Waals surface area contributed by atoms with Crippen molar-refractivity contribution in [2.24, 2.45) is 0 Å². The highest BCUT2D eigenvalue weighted by Crippen LogP contribution is 2.37. The summed E-state index contributed by atoms with van der Waals surface area (Å²) in [5.74, 6) is 1.21. The van der Waals surface area contributed by atoms with Crippen LogP contribution in [0.4, 0.5) is 13.2 Å².